The summed E-state index contributed by atoms with van der Waals surface area (Å²) in [6.45, 7) is 12.6. The molecule has 0 heterocycles. The van der Waals surface area contributed by atoms with Crippen LogP contribution >= 0.6 is 12.2 Å². The Morgan fingerprint density at radius 2 is 1.22 bits per heavy atom. The third kappa shape index (κ3) is 17.5. The Morgan fingerprint density at radius 3 is 1.67 bits per heavy atom. The van der Waals surface area contributed by atoms with E-state index in [1.807, 2.05) is 6.08 Å². The van der Waals surface area contributed by atoms with Crippen LogP contribution in [0, 0.1) is 0 Å². The van der Waals surface area contributed by atoms with Gasteiger partial charge in [-0.2, -0.15) is 0 Å². The molecule has 0 unspecified atom stereocenters. The molecule has 4 heteroatoms. The predicted octanol–water partition coefficient (Wildman–Crippen LogP) is 6.57. The van der Waals surface area contributed by atoms with Gasteiger partial charge >= 0.3 is 0 Å². The second-order valence-electron chi connectivity index (χ2n) is 7.33. The van der Waals surface area contributed by atoms with Gasteiger partial charge in [0.25, 0.3) is 5.17 Å². The first-order valence-electron chi connectivity index (χ1n) is 9.75. The summed E-state index contributed by atoms with van der Waals surface area (Å²) in [6.07, 6.45) is 15.6. The Hall–Kier alpha value is -1.68. The van der Waals surface area contributed by atoms with Crippen molar-refractivity contribution in [3.05, 3.63) is 46.6 Å². The number of amides is 1. The normalized spacial score (nSPS) is 12.6. The molecule has 0 saturated heterocycles. The molecule has 0 aliphatic heterocycles. The molecule has 0 aromatic rings. The van der Waals surface area contributed by atoms with Crippen molar-refractivity contribution in [3.63, 3.8) is 0 Å². The van der Waals surface area contributed by atoms with Crippen LogP contribution in [0.1, 0.15) is 80.1 Å². The summed E-state index contributed by atoms with van der Waals surface area (Å²) in [5.74, 6) is -0.209. The Morgan fingerprint density at radius 1 is 0.778 bits per heavy atom. The molecule has 0 aromatic heterocycles. The number of carbonyl (C=O) groups excluding carboxylic acids is 1. The van der Waals surface area contributed by atoms with Crippen LogP contribution in [0.4, 0.5) is 0 Å². The monoisotopic (exact) mass is 391 g/mol. The molecule has 1 N–H and O–H groups in total. The van der Waals surface area contributed by atoms with E-state index in [9.17, 15) is 4.79 Å². The molecule has 3 nitrogen and oxygen atoms in total. The maximum Gasteiger partial charge on any atom is 0.263 e. The third-order valence-corrected chi connectivity index (χ3v) is 4.30. The Kier molecular flexibility index (Phi) is 14.4. The van der Waals surface area contributed by atoms with E-state index in [0.29, 0.717) is 6.61 Å². The van der Waals surface area contributed by atoms with Gasteiger partial charge in [0.15, 0.2) is 0 Å². The fourth-order valence-electron chi connectivity index (χ4n) is 2.43. The highest BCUT2D eigenvalue weighted by Gasteiger charge is 1.98. The van der Waals surface area contributed by atoms with Crippen molar-refractivity contribution >= 4 is 23.3 Å². The van der Waals surface area contributed by atoms with E-state index < -0.39 is 0 Å². The summed E-state index contributed by atoms with van der Waals surface area (Å²) < 4.78 is 5.27. The Bertz CT molecular complexity index is 593. The zero-order valence-electron chi connectivity index (χ0n) is 18.0. The van der Waals surface area contributed by atoms with Gasteiger partial charge in [-0.3, -0.25) is 10.1 Å². The number of hydrogen-bond donors (Lipinski definition) is 1. The van der Waals surface area contributed by atoms with Crippen molar-refractivity contribution in [3.8, 4) is 0 Å². The van der Waals surface area contributed by atoms with Crippen LogP contribution in [0.3, 0.4) is 0 Å². The predicted molar refractivity (Wildman–Crippen MR) is 121 cm³/mol. The number of thiocarbonyl (C=S) groups is 1. The fourth-order valence-corrected chi connectivity index (χ4v) is 2.64. The van der Waals surface area contributed by atoms with E-state index >= 15 is 0 Å². The summed E-state index contributed by atoms with van der Waals surface area (Å²) in [4.78, 5) is 10.8. The van der Waals surface area contributed by atoms with Crippen molar-refractivity contribution in [2.24, 2.45) is 0 Å². The standard InChI is InChI=1S/C23H37NO2S/c1-18(2)10-7-11-19(3)12-8-13-20(4)14-9-15-21(5)16-17-26-23(27)24-22(6)25/h10,12,14,16H,7-9,11,13,15,17H2,1-6H3,(H,24,25,27)/b19-12+,20-14+,21-16+. The lowest BCUT2D eigenvalue weighted by atomic mass is 10.0. The summed E-state index contributed by atoms with van der Waals surface area (Å²) >= 11 is 4.90. The summed E-state index contributed by atoms with van der Waals surface area (Å²) in [5.41, 5.74) is 5.59. The van der Waals surface area contributed by atoms with Crippen molar-refractivity contribution in [1.29, 1.82) is 0 Å². The minimum atomic E-state index is -0.209. The first-order valence-corrected chi connectivity index (χ1v) is 10.2. The minimum absolute atomic E-state index is 0.131. The molecule has 0 spiro atoms. The smallest absolute Gasteiger partial charge is 0.263 e. The third-order valence-electron chi connectivity index (χ3n) is 4.08. The topological polar surface area (TPSA) is 38.3 Å². The molecule has 0 aromatic carbocycles. The SMILES string of the molecule is CC(=O)NC(=S)OC/C=C(\C)CC/C=C(\C)CC/C=C(\C)CCC=C(C)C. The molecule has 0 rings (SSSR count). The zero-order valence-corrected chi connectivity index (χ0v) is 18.8. The summed E-state index contributed by atoms with van der Waals surface area (Å²) in [5, 5.41) is 2.57. The molecule has 0 saturated carbocycles. The minimum Gasteiger partial charge on any atom is -0.467 e. The molecular weight excluding hydrogens is 354 g/mol. The summed E-state index contributed by atoms with van der Waals surface area (Å²) in [7, 11) is 0. The molecule has 1 amide bonds. The van der Waals surface area contributed by atoms with Crippen LogP contribution in [0.5, 0.6) is 0 Å². The van der Waals surface area contributed by atoms with Gasteiger partial charge in [-0.15, -0.1) is 0 Å². The van der Waals surface area contributed by atoms with Crippen molar-refractivity contribution in [2.45, 2.75) is 80.1 Å². The van der Waals surface area contributed by atoms with Crippen LogP contribution < -0.4 is 5.32 Å². The molecule has 0 radical (unpaired) electrons. The number of carbonyl (C=O) groups is 1. The molecule has 0 fully saturated rings. The van der Waals surface area contributed by atoms with E-state index in [-0.39, 0.29) is 11.1 Å². The van der Waals surface area contributed by atoms with Gasteiger partial charge in [0, 0.05) is 6.92 Å². The number of rotatable bonds is 11. The number of ether oxygens (including phenoxy) is 1. The van der Waals surface area contributed by atoms with E-state index in [1.54, 1.807) is 0 Å². The average Bonchev–Trinajstić information content (AvgIpc) is 2.53. The van der Waals surface area contributed by atoms with Gasteiger partial charge in [0.1, 0.15) is 6.61 Å². The Labute approximate surface area is 171 Å². The van der Waals surface area contributed by atoms with E-state index in [2.05, 4.69) is 58.2 Å². The lowest BCUT2D eigenvalue weighted by molar-refractivity contribution is -0.117. The first kappa shape index (κ1) is 25.3. The number of hydrogen-bond acceptors (Lipinski definition) is 3. The highest BCUT2D eigenvalue weighted by molar-refractivity contribution is 7.80. The first-order chi connectivity index (χ1) is 12.7. The van der Waals surface area contributed by atoms with Crippen LogP contribution in [-0.2, 0) is 9.53 Å². The largest absolute Gasteiger partial charge is 0.467 e. The Balaban J connectivity index is 4.03. The van der Waals surface area contributed by atoms with E-state index in [1.165, 1.54) is 29.2 Å². The molecule has 0 atom stereocenters. The maximum absolute atomic E-state index is 10.8. The lowest BCUT2D eigenvalue weighted by Crippen LogP contribution is -2.28. The van der Waals surface area contributed by atoms with Crippen LogP contribution in [0.25, 0.3) is 0 Å². The summed E-state index contributed by atoms with van der Waals surface area (Å²) in [6, 6.07) is 0. The molecule has 0 aliphatic carbocycles. The van der Waals surface area contributed by atoms with Gasteiger partial charge < -0.3 is 4.74 Å². The molecular formula is C23H37NO2S. The molecule has 27 heavy (non-hydrogen) atoms. The second kappa shape index (κ2) is 15.4. The second-order valence-corrected chi connectivity index (χ2v) is 7.70. The molecule has 152 valence electrons. The molecule has 0 bridgehead atoms. The van der Waals surface area contributed by atoms with Crippen LogP contribution in [-0.4, -0.2) is 17.7 Å². The molecule has 0 aliphatic rings. The van der Waals surface area contributed by atoms with Gasteiger partial charge in [0.2, 0.25) is 5.91 Å². The van der Waals surface area contributed by atoms with Gasteiger partial charge in [0.05, 0.1) is 0 Å². The quantitative estimate of drug-likeness (QED) is 0.320. The fraction of sp³-hybridized carbons (Fsp3) is 0.565. The van der Waals surface area contributed by atoms with E-state index in [0.717, 1.165) is 38.5 Å². The van der Waals surface area contributed by atoms with Crippen molar-refractivity contribution in [2.75, 3.05) is 6.61 Å². The highest BCUT2D eigenvalue weighted by Crippen LogP contribution is 2.13. The maximum atomic E-state index is 10.8. The van der Waals surface area contributed by atoms with Crippen LogP contribution in [0.15, 0.2) is 46.6 Å². The number of allylic oxidation sites excluding steroid dienone is 7. The zero-order chi connectivity index (χ0) is 20.7. The van der Waals surface area contributed by atoms with Crippen molar-refractivity contribution in [1.82, 2.24) is 5.32 Å². The van der Waals surface area contributed by atoms with Gasteiger partial charge in [-0.1, -0.05) is 40.5 Å². The van der Waals surface area contributed by atoms with Gasteiger partial charge in [-0.05, 0) is 91.4 Å². The average molecular weight is 392 g/mol. The van der Waals surface area contributed by atoms with Crippen LogP contribution in [0.2, 0.25) is 0 Å². The van der Waals surface area contributed by atoms with E-state index in [4.69, 9.17) is 17.0 Å². The number of nitrogens with one attached hydrogen (secondary N) is 1. The van der Waals surface area contributed by atoms with Gasteiger partial charge in [-0.25, -0.2) is 0 Å². The lowest BCUT2D eigenvalue weighted by Gasteiger charge is -2.05. The van der Waals surface area contributed by atoms with Crippen molar-refractivity contribution < 1.29 is 9.53 Å². The highest BCUT2D eigenvalue weighted by atomic mass is 32.1.